The molecule has 0 aliphatic carbocycles. The number of benzene rings is 2. The van der Waals surface area contributed by atoms with Crippen LogP contribution in [0.15, 0.2) is 41.3 Å². The maximum absolute atomic E-state index is 11.9. The molecular weight excluding hydrogens is 342 g/mol. The van der Waals surface area contributed by atoms with Crippen LogP contribution in [0.2, 0.25) is 0 Å². The van der Waals surface area contributed by atoms with Crippen molar-refractivity contribution in [2.45, 2.75) is 11.4 Å². The topological polar surface area (TPSA) is 93.3 Å². The number of imidazole rings is 1. The molecule has 0 spiro atoms. The summed E-state index contributed by atoms with van der Waals surface area (Å²) in [5, 5.41) is 3.13. The lowest BCUT2D eigenvalue weighted by atomic mass is 10.2. The molecule has 0 aliphatic heterocycles. The third-order valence-corrected chi connectivity index (χ3v) is 5.00. The van der Waals surface area contributed by atoms with Crippen molar-refractivity contribution in [1.29, 1.82) is 0 Å². The predicted octanol–water partition coefficient (Wildman–Crippen LogP) is 2.60. The quantitative estimate of drug-likeness (QED) is 0.701. The third kappa shape index (κ3) is 3.53. The maximum Gasteiger partial charge on any atom is 0.201 e. The molecule has 2 N–H and O–H groups in total. The number of sulfone groups is 1. The minimum Gasteiger partial charge on any atom is -0.493 e. The lowest BCUT2D eigenvalue weighted by molar-refractivity contribution is 0.356. The SMILES string of the molecule is COc1cc2nc(NCc3ccccc3S(C)(=O)=O)[nH]c2cc1OC. The average molecular weight is 361 g/mol. The van der Waals surface area contributed by atoms with Gasteiger partial charge in [-0.15, -0.1) is 0 Å². The van der Waals surface area contributed by atoms with Crippen LogP contribution in [0.25, 0.3) is 11.0 Å². The number of ether oxygens (including phenoxy) is 2. The highest BCUT2D eigenvalue weighted by molar-refractivity contribution is 7.90. The summed E-state index contributed by atoms with van der Waals surface area (Å²) in [6.45, 7) is 0.331. The normalized spacial score (nSPS) is 11.5. The molecule has 3 aromatic rings. The van der Waals surface area contributed by atoms with Gasteiger partial charge in [0.2, 0.25) is 5.95 Å². The van der Waals surface area contributed by atoms with Crippen molar-refractivity contribution < 1.29 is 17.9 Å². The van der Waals surface area contributed by atoms with Gasteiger partial charge in [-0.25, -0.2) is 13.4 Å². The smallest absolute Gasteiger partial charge is 0.201 e. The van der Waals surface area contributed by atoms with Gasteiger partial charge in [-0.05, 0) is 11.6 Å². The molecule has 2 aromatic carbocycles. The summed E-state index contributed by atoms with van der Waals surface area (Å²) in [7, 11) is -0.146. The Morgan fingerprint density at radius 3 is 2.48 bits per heavy atom. The van der Waals surface area contributed by atoms with E-state index in [9.17, 15) is 8.42 Å². The number of nitrogens with zero attached hydrogens (tertiary/aromatic N) is 1. The number of aromatic nitrogens is 2. The van der Waals surface area contributed by atoms with E-state index in [0.29, 0.717) is 34.5 Å². The maximum atomic E-state index is 11.9. The second-order valence-corrected chi connectivity index (χ2v) is 7.53. The Balaban J connectivity index is 1.87. The number of fused-ring (bicyclic) bond motifs is 1. The van der Waals surface area contributed by atoms with Crippen LogP contribution in [-0.2, 0) is 16.4 Å². The second-order valence-electron chi connectivity index (χ2n) is 5.54. The van der Waals surface area contributed by atoms with Crippen molar-refractivity contribution in [3.8, 4) is 11.5 Å². The first kappa shape index (κ1) is 17.1. The van der Waals surface area contributed by atoms with Crippen LogP contribution in [-0.4, -0.2) is 38.9 Å². The van der Waals surface area contributed by atoms with Gasteiger partial charge in [0.25, 0.3) is 0 Å². The molecule has 1 aromatic heterocycles. The molecule has 7 nitrogen and oxygen atoms in total. The molecule has 0 radical (unpaired) electrons. The van der Waals surface area contributed by atoms with Crippen molar-refractivity contribution in [2.24, 2.45) is 0 Å². The van der Waals surface area contributed by atoms with Crippen LogP contribution < -0.4 is 14.8 Å². The summed E-state index contributed by atoms with van der Waals surface area (Å²) >= 11 is 0. The molecular formula is C17H19N3O4S. The molecule has 3 rings (SSSR count). The monoisotopic (exact) mass is 361 g/mol. The summed E-state index contributed by atoms with van der Waals surface area (Å²) in [4.78, 5) is 7.90. The Kier molecular flexibility index (Phi) is 4.54. The first-order valence-corrected chi connectivity index (χ1v) is 9.45. The van der Waals surface area contributed by atoms with E-state index < -0.39 is 9.84 Å². The van der Waals surface area contributed by atoms with E-state index in [0.717, 1.165) is 11.0 Å². The third-order valence-electron chi connectivity index (χ3n) is 3.81. The lowest BCUT2D eigenvalue weighted by Gasteiger charge is -2.08. The summed E-state index contributed by atoms with van der Waals surface area (Å²) in [6.07, 6.45) is 1.20. The number of hydrogen-bond acceptors (Lipinski definition) is 6. The van der Waals surface area contributed by atoms with Crippen molar-refractivity contribution in [1.82, 2.24) is 9.97 Å². The fourth-order valence-corrected chi connectivity index (χ4v) is 3.55. The molecule has 25 heavy (non-hydrogen) atoms. The minimum absolute atomic E-state index is 0.307. The van der Waals surface area contributed by atoms with Gasteiger partial charge in [-0.3, -0.25) is 0 Å². The van der Waals surface area contributed by atoms with Crippen LogP contribution in [0.1, 0.15) is 5.56 Å². The van der Waals surface area contributed by atoms with Crippen molar-refractivity contribution in [3.63, 3.8) is 0 Å². The fourth-order valence-electron chi connectivity index (χ4n) is 2.61. The highest BCUT2D eigenvalue weighted by Gasteiger charge is 2.13. The number of anilines is 1. The molecule has 0 fully saturated rings. The van der Waals surface area contributed by atoms with E-state index >= 15 is 0 Å². The van der Waals surface area contributed by atoms with Gasteiger partial charge in [0.1, 0.15) is 0 Å². The van der Waals surface area contributed by atoms with Crippen LogP contribution >= 0.6 is 0 Å². The van der Waals surface area contributed by atoms with Gasteiger partial charge in [-0.1, -0.05) is 18.2 Å². The average Bonchev–Trinajstić information content (AvgIpc) is 2.99. The number of hydrogen-bond donors (Lipinski definition) is 2. The van der Waals surface area contributed by atoms with Crippen molar-refractivity contribution in [3.05, 3.63) is 42.0 Å². The fraction of sp³-hybridized carbons (Fsp3) is 0.235. The van der Waals surface area contributed by atoms with Crippen LogP contribution in [0.3, 0.4) is 0 Å². The number of nitrogens with one attached hydrogen (secondary N) is 2. The van der Waals surface area contributed by atoms with Crippen molar-refractivity contribution in [2.75, 3.05) is 25.8 Å². The zero-order chi connectivity index (χ0) is 18.0. The lowest BCUT2D eigenvalue weighted by Crippen LogP contribution is -2.07. The number of H-pyrrole nitrogens is 1. The molecule has 0 bridgehead atoms. The number of aromatic amines is 1. The minimum atomic E-state index is -3.28. The van der Waals surface area contributed by atoms with E-state index in [1.807, 2.05) is 0 Å². The van der Waals surface area contributed by atoms with Crippen molar-refractivity contribution >= 4 is 26.8 Å². The van der Waals surface area contributed by atoms with Gasteiger partial charge >= 0.3 is 0 Å². The molecule has 0 amide bonds. The first-order chi connectivity index (χ1) is 11.9. The molecule has 0 aliphatic rings. The Morgan fingerprint density at radius 1 is 1.12 bits per heavy atom. The zero-order valence-corrected chi connectivity index (χ0v) is 15.0. The number of rotatable bonds is 6. The molecule has 132 valence electrons. The van der Waals surface area contributed by atoms with Crippen LogP contribution in [0.5, 0.6) is 11.5 Å². The summed E-state index contributed by atoms with van der Waals surface area (Å²) in [5.74, 6) is 1.73. The predicted molar refractivity (Wildman–Crippen MR) is 96.1 cm³/mol. The van der Waals surface area contributed by atoms with E-state index in [2.05, 4.69) is 15.3 Å². The van der Waals surface area contributed by atoms with Gasteiger partial charge in [0.15, 0.2) is 21.3 Å². The Bertz CT molecular complexity index is 971. The molecule has 0 saturated carbocycles. The van der Waals surface area contributed by atoms with Crippen LogP contribution in [0, 0.1) is 0 Å². The molecule has 0 unspecified atom stereocenters. The second kappa shape index (κ2) is 6.64. The van der Waals surface area contributed by atoms with E-state index in [1.165, 1.54) is 6.26 Å². The zero-order valence-electron chi connectivity index (χ0n) is 14.2. The van der Waals surface area contributed by atoms with E-state index in [-0.39, 0.29) is 0 Å². The van der Waals surface area contributed by atoms with Gasteiger partial charge < -0.3 is 19.8 Å². The van der Waals surface area contributed by atoms with Gasteiger partial charge in [0, 0.05) is 24.9 Å². The van der Waals surface area contributed by atoms with Gasteiger partial charge in [-0.2, -0.15) is 0 Å². The Morgan fingerprint density at radius 2 is 1.80 bits per heavy atom. The summed E-state index contributed by atoms with van der Waals surface area (Å²) in [5.41, 5.74) is 2.19. The van der Waals surface area contributed by atoms with E-state index in [1.54, 1.807) is 50.6 Å². The molecule has 0 atom stereocenters. The van der Waals surface area contributed by atoms with Crippen LogP contribution in [0.4, 0.5) is 5.95 Å². The Hall–Kier alpha value is -2.74. The highest BCUT2D eigenvalue weighted by atomic mass is 32.2. The molecule has 8 heteroatoms. The number of methoxy groups -OCH3 is 2. The Labute approximate surface area is 145 Å². The van der Waals surface area contributed by atoms with E-state index in [4.69, 9.17) is 9.47 Å². The molecule has 1 heterocycles. The van der Waals surface area contributed by atoms with Gasteiger partial charge in [0.05, 0.1) is 30.1 Å². The summed E-state index contributed by atoms with van der Waals surface area (Å²) in [6, 6.07) is 10.5. The largest absolute Gasteiger partial charge is 0.493 e. The highest BCUT2D eigenvalue weighted by Crippen LogP contribution is 2.31. The molecule has 0 saturated heterocycles. The summed E-state index contributed by atoms with van der Waals surface area (Å²) < 4.78 is 34.3. The standard InChI is InChI=1S/C17H19N3O4S/c1-23-14-8-12-13(9-15(14)24-2)20-17(19-12)18-10-11-6-4-5-7-16(11)25(3,21)22/h4-9H,10H2,1-3H3,(H2,18,19,20). The first-order valence-electron chi connectivity index (χ1n) is 7.56.